The van der Waals surface area contributed by atoms with Crippen molar-refractivity contribution in [2.75, 3.05) is 7.11 Å². The predicted octanol–water partition coefficient (Wildman–Crippen LogP) is 2.00. The number of ketones is 1. The minimum atomic E-state index is -0.596. The van der Waals surface area contributed by atoms with Crippen LogP contribution in [0.25, 0.3) is 0 Å². The Bertz CT molecular complexity index is 1040. The Balaban J connectivity index is 1.84. The second-order valence-electron chi connectivity index (χ2n) is 6.85. The number of hydrogen-bond donors (Lipinski definition) is 2. The first-order chi connectivity index (χ1) is 14.4. The molecule has 0 aliphatic rings. The lowest BCUT2D eigenvalue weighted by atomic mass is 10.1. The zero-order valence-corrected chi connectivity index (χ0v) is 17.0. The van der Waals surface area contributed by atoms with Gasteiger partial charge >= 0.3 is 5.97 Å². The second kappa shape index (κ2) is 9.17. The maximum Gasteiger partial charge on any atom is 0.339 e. The number of H-pyrrole nitrogens is 1. The van der Waals surface area contributed by atoms with Crippen molar-refractivity contribution in [3.05, 3.63) is 71.1 Å². The van der Waals surface area contributed by atoms with Crippen LogP contribution in [0, 0.1) is 6.92 Å². The van der Waals surface area contributed by atoms with Crippen LogP contribution in [-0.2, 0) is 22.5 Å². The number of methoxy groups -OCH3 is 1. The number of aromatic nitrogens is 4. The van der Waals surface area contributed by atoms with Crippen molar-refractivity contribution < 1.29 is 19.1 Å². The first kappa shape index (κ1) is 21.0. The quantitative estimate of drug-likeness (QED) is 0.434. The Morgan fingerprint density at radius 2 is 1.97 bits per heavy atom. The van der Waals surface area contributed by atoms with Crippen LogP contribution in [0.4, 0.5) is 0 Å². The molecule has 1 atom stereocenters. The summed E-state index contributed by atoms with van der Waals surface area (Å²) < 4.78 is 6.46. The molecule has 1 unspecified atom stereocenters. The molecule has 2 heterocycles. The van der Waals surface area contributed by atoms with Crippen LogP contribution in [0.15, 0.2) is 43.0 Å². The molecular formula is C21H23N5O4. The molecule has 0 aliphatic carbocycles. The lowest BCUT2D eigenvalue weighted by Gasteiger charge is -2.19. The smallest absolute Gasteiger partial charge is 0.339 e. The number of nitrogens with one attached hydrogen (secondary N) is 2. The number of nitrogens with zero attached hydrogens (tertiary/aromatic N) is 3. The molecule has 1 aromatic carbocycles. The zero-order chi connectivity index (χ0) is 21.7. The Morgan fingerprint density at radius 1 is 1.23 bits per heavy atom. The fraction of sp³-hybridized carbons (Fsp3) is 0.286. The molecule has 0 aliphatic heterocycles. The molecule has 0 saturated heterocycles. The zero-order valence-electron chi connectivity index (χ0n) is 17.0. The van der Waals surface area contributed by atoms with E-state index in [1.165, 1.54) is 20.4 Å². The van der Waals surface area contributed by atoms with Gasteiger partial charge in [0.1, 0.15) is 12.7 Å². The molecule has 0 spiro atoms. The number of amides is 1. The van der Waals surface area contributed by atoms with Gasteiger partial charge in [0, 0.05) is 12.6 Å². The molecule has 156 valence electrons. The van der Waals surface area contributed by atoms with Crippen molar-refractivity contribution >= 4 is 17.7 Å². The molecule has 0 saturated carbocycles. The van der Waals surface area contributed by atoms with Crippen molar-refractivity contribution in [3.63, 3.8) is 0 Å². The number of benzene rings is 1. The third-order valence-electron chi connectivity index (χ3n) is 4.78. The number of hydrogen-bond acceptors (Lipinski definition) is 6. The number of aromatic amines is 1. The summed E-state index contributed by atoms with van der Waals surface area (Å²) in [6.07, 6.45) is 2.89. The molecule has 9 heteroatoms. The van der Waals surface area contributed by atoms with Gasteiger partial charge in [-0.15, -0.1) is 0 Å². The number of ether oxygens (including phenoxy) is 1. The molecule has 3 rings (SSSR count). The fourth-order valence-corrected chi connectivity index (χ4v) is 3.36. The van der Waals surface area contributed by atoms with E-state index in [0.717, 1.165) is 5.56 Å². The summed E-state index contributed by atoms with van der Waals surface area (Å²) in [5, 5.41) is 7.08. The Labute approximate surface area is 173 Å². The SMILES string of the molecule is COC(=O)c1c(CC(=O)NC(Cn2cncn2)c2ccccc2)[nH]c(C(C)=O)c1C. The van der Waals surface area contributed by atoms with Crippen molar-refractivity contribution in [2.45, 2.75) is 32.9 Å². The van der Waals surface area contributed by atoms with Gasteiger partial charge in [-0.1, -0.05) is 30.3 Å². The van der Waals surface area contributed by atoms with E-state index >= 15 is 0 Å². The summed E-state index contributed by atoms with van der Waals surface area (Å²) in [5.74, 6) is -1.13. The maximum absolute atomic E-state index is 12.9. The van der Waals surface area contributed by atoms with Crippen molar-refractivity contribution in [3.8, 4) is 0 Å². The molecule has 0 radical (unpaired) electrons. The molecular weight excluding hydrogens is 386 g/mol. The van der Waals surface area contributed by atoms with Gasteiger partial charge in [0.05, 0.1) is 37.4 Å². The summed E-state index contributed by atoms with van der Waals surface area (Å²) in [6, 6.07) is 9.14. The van der Waals surface area contributed by atoms with E-state index in [1.807, 2.05) is 30.3 Å². The first-order valence-corrected chi connectivity index (χ1v) is 9.38. The normalized spacial score (nSPS) is 11.7. The third-order valence-corrected chi connectivity index (χ3v) is 4.78. The standard InChI is InChI=1S/C21H23N5O4/c1-13-19(21(29)30-3)16(25-20(13)14(2)27)9-18(28)24-17(10-26-12-22-11-23-26)15-7-5-4-6-8-15/h4-8,11-12,17,25H,9-10H2,1-3H3,(H,24,28). The fourth-order valence-electron chi connectivity index (χ4n) is 3.36. The van der Waals surface area contributed by atoms with Crippen LogP contribution in [-0.4, -0.2) is 44.5 Å². The highest BCUT2D eigenvalue weighted by molar-refractivity contribution is 6.01. The number of carbonyl (C=O) groups excluding carboxylic acids is 3. The monoisotopic (exact) mass is 409 g/mol. The average Bonchev–Trinajstić information content (AvgIpc) is 3.35. The highest BCUT2D eigenvalue weighted by Gasteiger charge is 2.25. The molecule has 1 amide bonds. The maximum atomic E-state index is 12.9. The van der Waals surface area contributed by atoms with Crippen LogP contribution < -0.4 is 5.32 Å². The summed E-state index contributed by atoms with van der Waals surface area (Å²) in [6.45, 7) is 3.44. The Kier molecular flexibility index (Phi) is 6.41. The third kappa shape index (κ3) is 4.62. The van der Waals surface area contributed by atoms with E-state index in [9.17, 15) is 14.4 Å². The lowest BCUT2D eigenvalue weighted by Crippen LogP contribution is -2.33. The highest BCUT2D eigenvalue weighted by atomic mass is 16.5. The van der Waals surface area contributed by atoms with Crippen LogP contribution >= 0.6 is 0 Å². The molecule has 0 fully saturated rings. The predicted molar refractivity (Wildman–Crippen MR) is 108 cm³/mol. The molecule has 2 N–H and O–H groups in total. The van der Waals surface area contributed by atoms with Gasteiger partial charge in [0.25, 0.3) is 0 Å². The Hall–Kier alpha value is -3.75. The molecule has 2 aromatic heterocycles. The molecule has 3 aromatic rings. The summed E-state index contributed by atoms with van der Waals surface area (Å²) in [5.41, 5.74) is 2.22. The van der Waals surface area contributed by atoms with Gasteiger partial charge in [0.2, 0.25) is 5.91 Å². The van der Waals surface area contributed by atoms with Crippen molar-refractivity contribution in [1.29, 1.82) is 0 Å². The van der Waals surface area contributed by atoms with Crippen LogP contribution in [0.2, 0.25) is 0 Å². The van der Waals surface area contributed by atoms with Gasteiger partial charge in [-0.2, -0.15) is 5.10 Å². The average molecular weight is 409 g/mol. The summed E-state index contributed by atoms with van der Waals surface area (Å²) in [7, 11) is 1.26. The number of esters is 1. The second-order valence-corrected chi connectivity index (χ2v) is 6.85. The van der Waals surface area contributed by atoms with E-state index < -0.39 is 5.97 Å². The van der Waals surface area contributed by atoms with Gasteiger partial charge in [-0.05, 0) is 18.1 Å². The van der Waals surface area contributed by atoms with E-state index in [0.29, 0.717) is 23.5 Å². The van der Waals surface area contributed by atoms with E-state index in [2.05, 4.69) is 20.4 Å². The molecule has 0 bridgehead atoms. The number of rotatable bonds is 8. The first-order valence-electron chi connectivity index (χ1n) is 9.38. The lowest BCUT2D eigenvalue weighted by molar-refractivity contribution is -0.121. The number of carbonyl (C=O) groups is 3. The van der Waals surface area contributed by atoms with Crippen LogP contribution in [0.1, 0.15) is 50.6 Å². The minimum absolute atomic E-state index is 0.112. The summed E-state index contributed by atoms with van der Waals surface area (Å²) >= 11 is 0. The topological polar surface area (TPSA) is 119 Å². The van der Waals surface area contributed by atoms with Crippen molar-refractivity contribution in [2.24, 2.45) is 0 Å². The van der Waals surface area contributed by atoms with Crippen LogP contribution in [0.3, 0.4) is 0 Å². The van der Waals surface area contributed by atoms with E-state index in [4.69, 9.17) is 4.74 Å². The van der Waals surface area contributed by atoms with Crippen molar-refractivity contribution in [1.82, 2.24) is 25.1 Å². The largest absolute Gasteiger partial charge is 0.465 e. The van der Waals surface area contributed by atoms with Gasteiger partial charge < -0.3 is 15.0 Å². The molecule has 30 heavy (non-hydrogen) atoms. The summed E-state index contributed by atoms with van der Waals surface area (Å²) in [4.78, 5) is 43.8. The number of Topliss-reactive ketones (excluding diaryl/α,β-unsaturated/α-hetero) is 1. The van der Waals surface area contributed by atoms with Gasteiger partial charge in [-0.25, -0.2) is 9.78 Å². The van der Waals surface area contributed by atoms with E-state index in [1.54, 1.807) is 17.9 Å². The highest BCUT2D eigenvalue weighted by Crippen LogP contribution is 2.21. The Morgan fingerprint density at radius 3 is 2.57 bits per heavy atom. The van der Waals surface area contributed by atoms with Gasteiger partial charge in [0.15, 0.2) is 5.78 Å². The van der Waals surface area contributed by atoms with Gasteiger partial charge in [-0.3, -0.25) is 14.3 Å². The van der Waals surface area contributed by atoms with E-state index in [-0.39, 0.29) is 29.7 Å². The minimum Gasteiger partial charge on any atom is -0.465 e. The molecule has 9 nitrogen and oxygen atoms in total. The van der Waals surface area contributed by atoms with Crippen LogP contribution in [0.5, 0.6) is 0 Å².